The zero-order valence-electron chi connectivity index (χ0n) is 15.5. The van der Waals surface area contributed by atoms with Gasteiger partial charge >= 0.3 is 0 Å². The Hall–Kier alpha value is -2.41. The molecule has 0 spiro atoms. The van der Waals surface area contributed by atoms with Crippen molar-refractivity contribution >= 4 is 35.0 Å². The van der Waals surface area contributed by atoms with Gasteiger partial charge in [-0.2, -0.15) is 0 Å². The zero-order valence-corrected chi connectivity index (χ0v) is 17.9. The summed E-state index contributed by atoms with van der Waals surface area (Å²) in [5, 5.41) is 10.2. The molecular formula is C22H15Cl2F2N3S. The third-order valence-electron chi connectivity index (χ3n) is 4.47. The fourth-order valence-corrected chi connectivity index (χ4v) is 4.39. The molecule has 30 heavy (non-hydrogen) atoms. The summed E-state index contributed by atoms with van der Waals surface area (Å²) in [4.78, 5) is 0. The number of rotatable bonds is 6. The number of benzene rings is 3. The van der Waals surface area contributed by atoms with Crippen LogP contribution in [0.3, 0.4) is 0 Å². The van der Waals surface area contributed by atoms with Crippen molar-refractivity contribution in [2.45, 2.75) is 17.3 Å². The first-order valence-corrected chi connectivity index (χ1v) is 10.8. The van der Waals surface area contributed by atoms with Crippen molar-refractivity contribution in [3.8, 4) is 5.69 Å². The summed E-state index contributed by atoms with van der Waals surface area (Å²) in [5.74, 6) is 0.250. The van der Waals surface area contributed by atoms with Crippen LogP contribution in [0.4, 0.5) is 8.78 Å². The minimum Gasteiger partial charge on any atom is -0.274 e. The Bertz CT molecular complexity index is 1140. The number of hydrogen-bond donors (Lipinski definition) is 0. The molecule has 1 aromatic heterocycles. The Morgan fingerprint density at radius 3 is 2.30 bits per heavy atom. The second kappa shape index (κ2) is 9.16. The minimum atomic E-state index is -0.371. The van der Waals surface area contributed by atoms with Gasteiger partial charge in [-0.05, 0) is 54.1 Å². The van der Waals surface area contributed by atoms with E-state index in [1.807, 2.05) is 28.8 Å². The van der Waals surface area contributed by atoms with Gasteiger partial charge in [0.25, 0.3) is 0 Å². The fourth-order valence-electron chi connectivity index (χ4n) is 2.95. The van der Waals surface area contributed by atoms with Crippen LogP contribution in [-0.2, 0) is 12.2 Å². The van der Waals surface area contributed by atoms with Gasteiger partial charge in [0.15, 0.2) is 5.16 Å². The van der Waals surface area contributed by atoms with Crippen molar-refractivity contribution < 1.29 is 8.78 Å². The van der Waals surface area contributed by atoms with Crippen LogP contribution in [0.15, 0.2) is 71.9 Å². The molecule has 0 aliphatic rings. The van der Waals surface area contributed by atoms with Crippen LogP contribution >= 0.6 is 35.0 Å². The van der Waals surface area contributed by atoms with Gasteiger partial charge in [0.1, 0.15) is 17.5 Å². The minimum absolute atomic E-state index is 0.284. The predicted octanol–water partition coefficient (Wildman–Crippen LogP) is 6.74. The maximum Gasteiger partial charge on any atom is 0.196 e. The summed E-state index contributed by atoms with van der Waals surface area (Å²) >= 11 is 13.4. The van der Waals surface area contributed by atoms with E-state index >= 15 is 0 Å². The van der Waals surface area contributed by atoms with E-state index in [0.29, 0.717) is 38.7 Å². The van der Waals surface area contributed by atoms with Crippen molar-refractivity contribution in [1.29, 1.82) is 0 Å². The molecule has 152 valence electrons. The number of hydrogen-bond acceptors (Lipinski definition) is 3. The molecule has 8 heteroatoms. The van der Waals surface area contributed by atoms with Gasteiger partial charge in [-0.15, -0.1) is 10.2 Å². The highest BCUT2D eigenvalue weighted by Crippen LogP contribution is 2.30. The van der Waals surface area contributed by atoms with E-state index in [2.05, 4.69) is 10.2 Å². The zero-order chi connectivity index (χ0) is 21.1. The van der Waals surface area contributed by atoms with E-state index in [0.717, 1.165) is 5.56 Å². The molecule has 0 amide bonds. The lowest BCUT2D eigenvalue weighted by molar-refractivity contribution is 0.617. The highest BCUT2D eigenvalue weighted by atomic mass is 35.5. The highest BCUT2D eigenvalue weighted by molar-refractivity contribution is 7.98. The smallest absolute Gasteiger partial charge is 0.196 e. The first-order chi connectivity index (χ1) is 14.5. The molecule has 3 nitrogen and oxygen atoms in total. The number of halogens is 4. The molecule has 4 rings (SSSR count). The molecule has 0 N–H and O–H groups in total. The molecule has 0 saturated heterocycles. The Balaban J connectivity index is 1.68. The summed E-state index contributed by atoms with van der Waals surface area (Å²) in [6.45, 7) is 0. The van der Waals surface area contributed by atoms with Crippen molar-refractivity contribution in [1.82, 2.24) is 14.8 Å². The Kier molecular flexibility index (Phi) is 6.37. The third kappa shape index (κ3) is 4.67. The molecular weight excluding hydrogens is 447 g/mol. The van der Waals surface area contributed by atoms with Gasteiger partial charge in [0, 0.05) is 33.5 Å². The van der Waals surface area contributed by atoms with Crippen LogP contribution in [0.1, 0.15) is 17.0 Å². The van der Waals surface area contributed by atoms with Crippen LogP contribution in [0.2, 0.25) is 10.0 Å². The summed E-state index contributed by atoms with van der Waals surface area (Å²) in [6, 6.07) is 18.1. The first kappa shape index (κ1) is 20.8. The van der Waals surface area contributed by atoms with Crippen LogP contribution in [-0.4, -0.2) is 14.8 Å². The molecule has 0 saturated carbocycles. The van der Waals surface area contributed by atoms with Gasteiger partial charge in [-0.25, -0.2) is 8.78 Å². The standard InChI is InChI=1S/C22H15Cl2F2N3S/c23-15-6-4-14(5-7-15)12-21-27-28-22(29(21)17-10-8-16(25)9-11-17)30-13-18-19(24)2-1-3-20(18)26/h1-11H,12-13H2. The largest absolute Gasteiger partial charge is 0.274 e. The summed E-state index contributed by atoms with van der Waals surface area (Å²) in [5.41, 5.74) is 2.12. The summed E-state index contributed by atoms with van der Waals surface area (Å²) in [7, 11) is 0. The molecule has 4 aromatic rings. The molecule has 1 heterocycles. The van der Waals surface area contributed by atoms with E-state index in [1.165, 1.54) is 30.0 Å². The van der Waals surface area contributed by atoms with E-state index in [4.69, 9.17) is 23.2 Å². The van der Waals surface area contributed by atoms with Crippen molar-refractivity contribution in [2.75, 3.05) is 0 Å². The van der Waals surface area contributed by atoms with E-state index in [9.17, 15) is 8.78 Å². The molecule has 0 aliphatic carbocycles. The second-order valence-corrected chi connectivity index (χ2v) is 8.29. The van der Waals surface area contributed by atoms with Crippen LogP contribution in [0, 0.1) is 11.6 Å². The Labute approximate surface area is 186 Å². The lowest BCUT2D eigenvalue weighted by Crippen LogP contribution is -2.04. The maximum atomic E-state index is 14.2. The van der Waals surface area contributed by atoms with Crippen LogP contribution in [0.5, 0.6) is 0 Å². The number of thioether (sulfide) groups is 1. The second-order valence-electron chi connectivity index (χ2n) is 6.50. The highest BCUT2D eigenvalue weighted by Gasteiger charge is 2.17. The molecule has 0 bridgehead atoms. The maximum absolute atomic E-state index is 14.2. The predicted molar refractivity (Wildman–Crippen MR) is 117 cm³/mol. The van der Waals surface area contributed by atoms with Gasteiger partial charge in [-0.3, -0.25) is 4.57 Å². The van der Waals surface area contributed by atoms with Crippen molar-refractivity contribution in [3.63, 3.8) is 0 Å². The van der Waals surface area contributed by atoms with Gasteiger partial charge in [-0.1, -0.05) is 53.2 Å². The lowest BCUT2D eigenvalue weighted by Gasteiger charge is -2.11. The summed E-state index contributed by atoms with van der Waals surface area (Å²) < 4.78 is 29.5. The summed E-state index contributed by atoms with van der Waals surface area (Å²) in [6.07, 6.45) is 0.503. The van der Waals surface area contributed by atoms with Gasteiger partial charge in [0.2, 0.25) is 0 Å². The normalized spacial score (nSPS) is 11.1. The molecule has 3 aromatic carbocycles. The average Bonchev–Trinajstić information content (AvgIpc) is 3.12. The van der Waals surface area contributed by atoms with Crippen molar-refractivity contribution in [2.24, 2.45) is 0 Å². The first-order valence-electron chi connectivity index (χ1n) is 9.01. The number of aromatic nitrogens is 3. The van der Waals surface area contributed by atoms with E-state index in [-0.39, 0.29) is 17.4 Å². The van der Waals surface area contributed by atoms with Crippen LogP contribution in [0.25, 0.3) is 5.69 Å². The van der Waals surface area contributed by atoms with Gasteiger partial charge < -0.3 is 0 Å². The molecule has 0 fully saturated rings. The molecule has 0 atom stereocenters. The van der Waals surface area contributed by atoms with E-state index in [1.54, 1.807) is 24.3 Å². The van der Waals surface area contributed by atoms with Crippen molar-refractivity contribution in [3.05, 3.63) is 105 Å². The Morgan fingerprint density at radius 1 is 0.867 bits per heavy atom. The molecule has 0 radical (unpaired) electrons. The molecule has 0 unspecified atom stereocenters. The SMILES string of the molecule is Fc1ccc(-n2c(Cc3ccc(Cl)cc3)nnc2SCc2c(F)cccc2Cl)cc1. The number of nitrogens with zero attached hydrogens (tertiary/aromatic N) is 3. The molecule has 0 aliphatic heterocycles. The van der Waals surface area contributed by atoms with Crippen LogP contribution < -0.4 is 0 Å². The topological polar surface area (TPSA) is 30.7 Å². The Morgan fingerprint density at radius 2 is 1.60 bits per heavy atom. The quantitative estimate of drug-likeness (QED) is 0.298. The monoisotopic (exact) mass is 461 g/mol. The third-order valence-corrected chi connectivity index (χ3v) is 6.03. The lowest BCUT2D eigenvalue weighted by atomic mass is 10.1. The van der Waals surface area contributed by atoms with Gasteiger partial charge in [0.05, 0.1) is 0 Å². The fraction of sp³-hybridized carbons (Fsp3) is 0.0909. The van der Waals surface area contributed by atoms with E-state index < -0.39 is 0 Å². The average molecular weight is 462 g/mol.